The van der Waals surface area contributed by atoms with Crippen molar-refractivity contribution >= 4 is 46.6 Å². The van der Waals surface area contributed by atoms with Gasteiger partial charge in [-0.3, -0.25) is 4.90 Å². The molecule has 2 rings (SSSR count). The Hall–Kier alpha value is -0.640. The maximum Gasteiger partial charge on any atom is 0.414 e. The summed E-state index contributed by atoms with van der Waals surface area (Å²) in [5.41, 5.74) is 0.659. The van der Waals surface area contributed by atoms with Crippen LogP contribution in [0, 0.1) is 0 Å². The molecule has 0 spiro atoms. The summed E-state index contributed by atoms with van der Waals surface area (Å²) in [5.74, 6) is 0.281. The highest BCUT2D eigenvalue weighted by atomic mass is 35.5. The number of cyclic esters (lactones) is 1. The summed E-state index contributed by atoms with van der Waals surface area (Å²) in [5, 5.41) is 0.855. The van der Waals surface area contributed by atoms with Gasteiger partial charge in [0, 0.05) is 5.69 Å². The van der Waals surface area contributed by atoms with Gasteiger partial charge in [0.25, 0.3) is 0 Å². The topological polar surface area (TPSA) is 29.5 Å². The second kappa shape index (κ2) is 4.70. The van der Waals surface area contributed by atoms with Gasteiger partial charge in [0.15, 0.2) is 0 Å². The van der Waals surface area contributed by atoms with Gasteiger partial charge in [-0.1, -0.05) is 23.2 Å². The first-order chi connectivity index (χ1) is 7.61. The predicted molar refractivity (Wildman–Crippen MR) is 64.8 cm³/mol. The van der Waals surface area contributed by atoms with E-state index in [0.29, 0.717) is 22.3 Å². The summed E-state index contributed by atoms with van der Waals surface area (Å²) in [4.78, 5) is 13.0. The molecule has 1 heterocycles. The predicted octanol–water partition coefficient (Wildman–Crippen LogP) is 3.56. The van der Waals surface area contributed by atoms with Crippen LogP contribution in [-0.4, -0.2) is 24.6 Å². The monoisotopic (exact) mass is 279 g/mol. The van der Waals surface area contributed by atoms with Crippen molar-refractivity contribution < 1.29 is 9.53 Å². The molecule has 1 saturated heterocycles. The van der Waals surface area contributed by atoms with Crippen LogP contribution in [0.3, 0.4) is 0 Å². The summed E-state index contributed by atoms with van der Waals surface area (Å²) in [7, 11) is 0. The molecule has 0 aliphatic carbocycles. The minimum Gasteiger partial charge on any atom is -0.443 e. The van der Waals surface area contributed by atoms with Crippen LogP contribution in [0.25, 0.3) is 0 Å². The Balaban J connectivity index is 2.24. The molecule has 0 radical (unpaired) electrons. The van der Waals surface area contributed by atoms with Crippen LogP contribution in [0.2, 0.25) is 10.0 Å². The number of carbonyl (C=O) groups is 1. The summed E-state index contributed by atoms with van der Waals surface area (Å²) < 4.78 is 5.03. The van der Waals surface area contributed by atoms with E-state index in [9.17, 15) is 4.79 Å². The molecule has 1 fully saturated rings. The zero-order valence-electron chi connectivity index (χ0n) is 8.12. The van der Waals surface area contributed by atoms with Gasteiger partial charge in [0.1, 0.15) is 6.10 Å². The Bertz CT molecular complexity index is 425. The standard InChI is InChI=1S/C10H8Cl3NO2/c11-4-7-5-14(10(15)16-7)6-1-2-8(12)9(13)3-6/h1-3,7H,4-5H2/t7-/m0/s1. The van der Waals surface area contributed by atoms with Crippen LogP contribution >= 0.6 is 34.8 Å². The maximum absolute atomic E-state index is 11.5. The van der Waals surface area contributed by atoms with E-state index >= 15 is 0 Å². The normalized spacial score (nSPS) is 20.1. The maximum atomic E-state index is 11.5. The van der Waals surface area contributed by atoms with Gasteiger partial charge in [-0.05, 0) is 18.2 Å². The fourth-order valence-electron chi connectivity index (χ4n) is 1.47. The van der Waals surface area contributed by atoms with E-state index < -0.39 is 6.09 Å². The molecule has 1 aliphatic heterocycles. The van der Waals surface area contributed by atoms with Crippen molar-refractivity contribution in [1.82, 2.24) is 0 Å². The van der Waals surface area contributed by atoms with Crippen molar-refractivity contribution in [3.63, 3.8) is 0 Å². The van der Waals surface area contributed by atoms with Gasteiger partial charge in [0.05, 0.1) is 22.5 Å². The van der Waals surface area contributed by atoms with E-state index in [-0.39, 0.29) is 12.0 Å². The largest absolute Gasteiger partial charge is 0.443 e. The number of hydrogen-bond acceptors (Lipinski definition) is 2. The Morgan fingerprint density at radius 2 is 2.12 bits per heavy atom. The fraction of sp³-hybridized carbons (Fsp3) is 0.300. The highest BCUT2D eigenvalue weighted by molar-refractivity contribution is 6.42. The van der Waals surface area contributed by atoms with Crippen LogP contribution in [-0.2, 0) is 4.74 Å². The van der Waals surface area contributed by atoms with E-state index in [4.69, 9.17) is 39.5 Å². The first-order valence-corrected chi connectivity index (χ1v) is 5.90. The smallest absolute Gasteiger partial charge is 0.414 e. The van der Waals surface area contributed by atoms with E-state index in [1.165, 1.54) is 4.90 Å². The van der Waals surface area contributed by atoms with E-state index in [2.05, 4.69) is 0 Å². The quantitative estimate of drug-likeness (QED) is 0.775. The molecule has 1 aromatic rings. The molecular weight excluding hydrogens is 272 g/mol. The number of nitrogens with zero attached hydrogens (tertiary/aromatic N) is 1. The molecular formula is C10H8Cl3NO2. The van der Waals surface area contributed by atoms with E-state index in [1.807, 2.05) is 0 Å². The van der Waals surface area contributed by atoms with Gasteiger partial charge in [-0.2, -0.15) is 0 Å². The number of carbonyl (C=O) groups excluding carboxylic acids is 1. The van der Waals surface area contributed by atoms with Crippen molar-refractivity contribution in [2.45, 2.75) is 6.10 Å². The summed E-state index contributed by atoms with van der Waals surface area (Å²) in [6, 6.07) is 4.98. The second-order valence-corrected chi connectivity index (χ2v) is 4.49. The average molecular weight is 281 g/mol. The number of halogens is 3. The zero-order valence-corrected chi connectivity index (χ0v) is 10.4. The van der Waals surface area contributed by atoms with Crippen molar-refractivity contribution in [3.05, 3.63) is 28.2 Å². The number of ether oxygens (including phenoxy) is 1. The average Bonchev–Trinajstić information content (AvgIpc) is 2.64. The Morgan fingerprint density at radius 1 is 1.38 bits per heavy atom. The summed E-state index contributed by atoms with van der Waals surface area (Å²) in [6.45, 7) is 0.431. The lowest BCUT2D eigenvalue weighted by molar-refractivity contribution is 0.151. The molecule has 0 bridgehead atoms. The molecule has 86 valence electrons. The molecule has 0 aromatic heterocycles. The molecule has 3 nitrogen and oxygen atoms in total. The van der Waals surface area contributed by atoms with E-state index in [1.54, 1.807) is 18.2 Å². The van der Waals surface area contributed by atoms with Crippen LogP contribution in [0.1, 0.15) is 0 Å². The van der Waals surface area contributed by atoms with Gasteiger partial charge in [0.2, 0.25) is 0 Å². The second-order valence-electron chi connectivity index (χ2n) is 3.37. The van der Waals surface area contributed by atoms with Crippen LogP contribution in [0.5, 0.6) is 0 Å². The number of benzene rings is 1. The molecule has 1 atom stereocenters. The lowest BCUT2D eigenvalue weighted by atomic mass is 10.3. The molecule has 0 unspecified atom stereocenters. The van der Waals surface area contributed by atoms with Crippen molar-refractivity contribution in [2.75, 3.05) is 17.3 Å². The van der Waals surface area contributed by atoms with Crippen LogP contribution in [0.4, 0.5) is 10.5 Å². The SMILES string of the molecule is O=C1O[C@@H](CCl)CN1c1ccc(Cl)c(Cl)c1. The molecule has 0 N–H and O–H groups in total. The molecule has 1 amide bonds. The zero-order chi connectivity index (χ0) is 11.7. The molecule has 1 aromatic carbocycles. The van der Waals surface area contributed by atoms with Crippen LogP contribution in [0.15, 0.2) is 18.2 Å². The minimum absolute atomic E-state index is 0.274. The van der Waals surface area contributed by atoms with Gasteiger partial charge in [-0.15, -0.1) is 11.6 Å². The number of alkyl halides is 1. The number of rotatable bonds is 2. The summed E-state index contributed by atoms with van der Waals surface area (Å²) >= 11 is 17.3. The molecule has 16 heavy (non-hydrogen) atoms. The number of anilines is 1. The highest BCUT2D eigenvalue weighted by Crippen LogP contribution is 2.29. The fourth-order valence-corrected chi connectivity index (χ4v) is 1.92. The molecule has 1 aliphatic rings. The Labute approximate surface area is 108 Å². The van der Waals surface area contributed by atoms with Crippen molar-refractivity contribution in [2.24, 2.45) is 0 Å². The first-order valence-electron chi connectivity index (χ1n) is 4.61. The first kappa shape index (κ1) is 11.8. The van der Waals surface area contributed by atoms with Crippen molar-refractivity contribution in [3.8, 4) is 0 Å². The third-order valence-electron chi connectivity index (χ3n) is 2.26. The number of amides is 1. The Morgan fingerprint density at radius 3 is 2.69 bits per heavy atom. The van der Waals surface area contributed by atoms with Crippen molar-refractivity contribution in [1.29, 1.82) is 0 Å². The van der Waals surface area contributed by atoms with Gasteiger partial charge >= 0.3 is 6.09 Å². The third kappa shape index (κ3) is 2.21. The molecule has 0 saturated carbocycles. The summed E-state index contributed by atoms with van der Waals surface area (Å²) in [6.07, 6.45) is -0.687. The third-order valence-corrected chi connectivity index (χ3v) is 3.34. The van der Waals surface area contributed by atoms with Crippen LogP contribution < -0.4 is 4.90 Å². The molecule has 6 heteroatoms. The highest BCUT2D eigenvalue weighted by Gasteiger charge is 2.31. The van der Waals surface area contributed by atoms with Gasteiger partial charge in [-0.25, -0.2) is 4.79 Å². The lowest BCUT2D eigenvalue weighted by Gasteiger charge is -2.13. The van der Waals surface area contributed by atoms with E-state index in [0.717, 1.165) is 0 Å². The lowest BCUT2D eigenvalue weighted by Crippen LogP contribution is -2.24. The minimum atomic E-state index is -0.413. The number of hydrogen-bond donors (Lipinski definition) is 0. The van der Waals surface area contributed by atoms with Gasteiger partial charge < -0.3 is 4.74 Å². The Kier molecular flexibility index (Phi) is 3.47.